The fourth-order valence-corrected chi connectivity index (χ4v) is 2.48. The molecule has 2 aromatic carbocycles. The molecule has 0 spiro atoms. The van der Waals surface area contributed by atoms with Crippen molar-refractivity contribution in [3.63, 3.8) is 0 Å². The summed E-state index contributed by atoms with van der Waals surface area (Å²) in [5.74, 6) is -1.18. The van der Waals surface area contributed by atoms with E-state index in [2.05, 4.69) is 19.2 Å². The van der Waals surface area contributed by atoms with Crippen LogP contribution in [-0.2, 0) is 9.53 Å². The summed E-state index contributed by atoms with van der Waals surface area (Å²) in [6.07, 6.45) is -1.15. The van der Waals surface area contributed by atoms with Gasteiger partial charge in [0.2, 0.25) is 0 Å². The monoisotopic (exact) mass is 390 g/mol. The van der Waals surface area contributed by atoms with Crippen LogP contribution >= 0.6 is 11.6 Å². The topological polar surface area (TPSA) is 98.5 Å². The first-order valence-corrected chi connectivity index (χ1v) is 8.62. The van der Waals surface area contributed by atoms with Crippen LogP contribution in [0.3, 0.4) is 0 Å². The van der Waals surface area contributed by atoms with E-state index < -0.39 is 28.6 Å². The summed E-state index contributed by atoms with van der Waals surface area (Å²) in [5, 5.41) is 13.8. The van der Waals surface area contributed by atoms with Crippen molar-refractivity contribution >= 4 is 34.9 Å². The summed E-state index contributed by atoms with van der Waals surface area (Å²) in [7, 11) is 0. The molecule has 0 saturated heterocycles. The van der Waals surface area contributed by atoms with Crippen LogP contribution in [0.15, 0.2) is 42.5 Å². The number of nitrogens with zero attached hydrogens (tertiary/aromatic N) is 1. The lowest BCUT2D eigenvalue weighted by atomic mass is 10.0. The third-order valence-electron chi connectivity index (χ3n) is 3.87. The van der Waals surface area contributed by atoms with Crippen molar-refractivity contribution in [2.24, 2.45) is 0 Å². The van der Waals surface area contributed by atoms with Crippen molar-refractivity contribution in [2.45, 2.75) is 32.8 Å². The summed E-state index contributed by atoms with van der Waals surface area (Å²) >= 11 is 5.80. The molecule has 8 heteroatoms. The van der Waals surface area contributed by atoms with E-state index in [1.54, 1.807) is 12.1 Å². The van der Waals surface area contributed by atoms with Gasteiger partial charge in [-0.15, -0.1) is 0 Å². The van der Waals surface area contributed by atoms with Gasteiger partial charge in [-0.2, -0.15) is 0 Å². The van der Waals surface area contributed by atoms with Gasteiger partial charge in [0.05, 0.1) is 4.92 Å². The minimum atomic E-state index is -1.15. The van der Waals surface area contributed by atoms with Gasteiger partial charge in [-0.1, -0.05) is 37.6 Å². The first-order valence-electron chi connectivity index (χ1n) is 8.24. The van der Waals surface area contributed by atoms with Gasteiger partial charge in [-0.25, -0.2) is 4.79 Å². The third-order valence-corrected chi connectivity index (χ3v) is 4.11. The summed E-state index contributed by atoms with van der Waals surface area (Å²) in [6, 6.07) is 10.8. The molecule has 0 aliphatic heterocycles. The molecule has 1 amide bonds. The second-order valence-electron chi connectivity index (χ2n) is 6.23. The minimum Gasteiger partial charge on any atom is -0.449 e. The van der Waals surface area contributed by atoms with Gasteiger partial charge in [0.15, 0.2) is 6.10 Å². The molecule has 142 valence electrons. The predicted octanol–water partition coefficient (Wildman–Crippen LogP) is 4.56. The van der Waals surface area contributed by atoms with Crippen molar-refractivity contribution in [3.8, 4) is 0 Å². The van der Waals surface area contributed by atoms with Crippen LogP contribution in [0.1, 0.15) is 42.6 Å². The highest BCUT2D eigenvalue weighted by Gasteiger charge is 2.25. The van der Waals surface area contributed by atoms with Gasteiger partial charge < -0.3 is 10.1 Å². The highest BCUT2D eigenvalue weighted by atomic mass is 35.5. The maximum absolute atomic E-state index is 12.2. The fraction of sp³-hybridized carbons (Fsp3) is 0.263. The van der Waals surface area contributed by atoms with E-state index in [0.29, 0.717) is 11.6 Å². The molecule has 0 aromatic heterocycles. The third kappa shape index (κ3) is 5.27. The van der Waals surface area contributed by atoms with Gasteiger partial charge in [-0.05, 0) is 42.7 Å². The van der Waals surface area contributed by atoms with Gasteiger partial charge in [-0.3, -0.25) is 14.9 Å². The average molecular weight is 391 g/mol. The lowest BCUT2D eigenvalue weighted by Crippen LogP contribution is -2.30. The Hall–Kier alpha value is -2.93. The Bertz CT molecular complexity index is 865. The highest BCUT2D eigenvalue weighted by Crippen LogP contribution is 2.24. The molecule has 2 rings (SSSR count). The molecular formula is C19H19ClN2O5. The van der Waals surface area contributed by atoms with E-state index in [1.165, 1.54) is 13.0 Å². The molecule has 2 aromatic rings. The first kappa shape index (κ1) is 20.4. The molecule has 1 N–H and O–H groups in total. The van der Waals surface area contributed by atoms with Crippen LogP contribution in [0.2, 0.25) is 5.02 Å². The lowest BCUT2D eigenvalue weighted by molar-refractivity contribution is -0.385. The Balaban J connectivity index is 2.07. The quantitative estimate of drug-likeness (QED) is 0.443. The van der Waals surface area contributed by atoms with Crippen LogP contribution in [0.5, 0.6) is 0 Å². The zero-order valence-electron chi connectivity index (χ0n) is 15.1. The van der Waals surface area contributed by atoms with Crippen molar-refractivity contribution in [2.75, 3.05) is 5.32 Å². The largest absolute Gasteiger partial charge is 0.449 e. The normalized spacial score (nSPS) is 11.7. The lowest BCUT2D eigenvalue weighted by Gasteiger charge is -2.14. The molecule has 0 saturated carbocycles. The number of hydrogen-bond acceptors (Lipinski definition) is 5. The Morgan fingerprint density at radius 2 is 1.74 bits per heavy atom. The summed E-state index contributed by atoms with van der Waals surface area (Å²) in [6.45, 7) is 5.50. The van der Waals surface area contributed by atoms with E-state index in [4.69, 9.17) is 16.3 Å². The molecular weight excluding hydrogens is 372 g/mol. The number of nitrogens with one attached hydrogen (secondary N) is 1. The van der Waals surface area contributed by atoms with Crippen molar-refractivity contribution in [1.82, 2.24) is 0 Å². The maximum atomic E-state index is 12.2. The Morgan fingerprint density at radius 1 is 1.11 bits per heavy atom. The number of benzene rings is 2. The van der Waals surface area contributed by atoms with Crippen LogP contribution in [-0.4, -0.2) is 22.9 Å². The number of carbonyl (C=O) groups excluding carboxylic acids is 2. The van der Waals surface area contributed by atoms with E-state index in [-0.39, 0.29) is 10.6 Å². The Kier molecular flexibility index (Phi) is 6.52. The molecule has 0 radical (unpaired) electrons. The van der Waals surface area contributed by atoms with Crippen LogP contribution in [0.25, 0.3) is 0 Å². The number of esters is 1. The molecule has 0 fully saturated rings. The number of rotatable bonds is 6. The molecule has 0 aliphatic rings. The first-order chi connectivity index (χ1) is 12.7. The second-order valence-corrected chi connectivity index (χ2v) is 6.67. The minimum absolute atomic E-state index is 0.148. The van der Waals surface area contributed by atoms with Gasteiger partial charge in [0.1, 0.15) is 5.56 Å². The SMILES string of the molecule is CC(C)c1ccc(NC(=O)[C@H](C)OC(=O)c2cc(Cl)ccc2[N+](=O)[O-])cc1. The van der Waals surface area contributed by atoms with Crippen LogP contribution in [0, 0.1) is 10.1 Å². The number of ether oxygens (including phenoxy) is 1. The van der Waals surface area contributed by atoms with Crippen molar-refractivity contribution in [3.05, 3.63) is 68.7 Å². The maximum Gasteiger partial charge on any atom is 0.345 e. The molecule has 27 heavy (non-hydrogen) atoms. The standard InChI is InChI=1S/C19H19ClN2O5/c1-11(2)13-4-7-15(8-5-13)21-18(23)12(3)27-19(24)16-10-14(20)6-9-17(16)22(25)26/h4-12H,1-3H3,(H,21,23)/t12-/m0/s1. The zero-order valence-corrected chi connectivity index (χ0v) is 15.8. The predicted molar refractivity (Wildman–Crippen MR) is 102 cm³/mol. The number of nitro groups is 1. The van der Waals surface area contributed by atoms with E-state index >= 15 is 0 Å². The summed E-state index contributed by atoms with van der Waals surface area (Å²) in [5.41, 5.74) is 0.927. The van der Waals surface area contributed by atoms with Gasteiger partial charge in [0.25, 0.3) is 11.6 Å². The number of carbonyl (C=O) groups is 2. The Morgan fingerprint density at radius 3 is 2.30 bits per heavy atom. The van der Waals surface area contributed by atoms with Crippen LogP contribution in [0.4, 0.5) is 11.4 Å². The Labute approximate surface area is 161 Å². The van der Waals surface area contributed by atoms with E-state index in [0.717, 1.165) is 17.7 Å². The zero-order chi connectivity index (χ0) is 20.1. The van der Waals surface area contributed by atoms with Gasteiger partial charge in [0, 0.05) is 16.8 Å². The number of anilines is 1. The van der Waals surface area contributed by atoms with E-state index in [9.17, 15) is 19.7 Å². The number of halogens is 1. The number of hydrogen-bond donors (Lipinski definition) is 1. The molecule has 0 heterocycles. The molecule has 0 aliphatic carbocycles. The van der Waals surface area contributed by atoms with Gasteiger partial charge >= 0.3 is 5.97 Å². The molecule has 0 unspecified atom stereocenters. The smallest absolute Gasteiger partial charge is 0.345 e. The van der Waals surface area contributed by atoms with Crippen LogP contribution < -0.4 is 5.32 Å². The van der Waals surface area contributed by atoms with Crippen molar-refractivity contribution < 1.29 is 19.2 Å². The highest BCUT2D eigenvalue weighted by molar-refractivity contribution is 6.31. The number of nitro benzene ring substituents is 1. The second kappa shape index (κ2) is 8.64. The molecule has 0 bridgehead atoms. The van der Waals surface area contributed by atoms with E-state index in [1.807, 2.05) is 12.1 Å². The fourth-order valence-electron chi connectivity index (χ4n) is 2.30. The summed E-state index contributed by atoms with van der Waals surface area (Å²) < 4.78 is 5.06. The van der Waals surface area contributed by atoms with Crippen molar-refractivity contribution in [1.29, 1.82) is 0 Å². The molecule has 1 atom stereocenters. The molecule has 7 nitrogen and oxygen atoms in total. The summed E-state index contributed by atoms with van der Waals surface area (Å²) in [4.78, 5) is 34.8. The average Bonchev–Trinajstić information content (AvgIpc) is 2.61. The number of amides is 1.